The number of hydrogen-bond acceptors (Lipinski definition) is 3. The maximum atomic E-state index is 11.6. The van der Waals surface area contributed by atoms with Gasteiger partial charge < -0.3 is 11.1 Å². The Bertz CT molecular complexity index is 418. The van der Waals surface area contributed by atoms with E-state index in [2.05, 4.69) is 17.9 Å². The van der Waals surface area contributed by atoms with E-state index in [0.29, 0.717) is 17.7 Å². The molecule has 0 fully saturated rings. The molecule has 0 spiro atoms. The van der Waals surface area contributed by atoms with E-state index in [1.807, 2.05) is 0 Å². The molecule has 104 valence electrons. The molecule has 1 aromatic rings. The van der Waals surface area contributed by atoms with E-state index in [-0.39, 0.29) is 5.91 Å². The molecule has 4 nitrogen and oxygen atoms in total. The van der Waals surface area contributed by atoms with Crippen molar-refractivity contribution in [2.45, 2.75) is 32.1 Å². The molecule has 19 heavy (non-hydrogen) atoms. The van der Waals surface area contributed by atoms with Gasteiger partial charge in [0.25, 0.3) is 0 Å². The summed E-state index contributed by atoms with van der Waals surface area (Å²) in [6, 6.07) is 6.56. The normalized spacial score (nSPS) is 10.2. The van der Waals surface area contributed by atoms with E-state index >= 15 is 0 Å². The number of benzene rings is 1. The lowest BCUT2D eigenvalue weighted by atomic mass is 10.1. The molecule has 1 aromatic carbocycles. The van der Waals surface area contributed by atoms with E-state index in [9.17, 15) is 9.59 Å². The summed E-state index contributed by atoms with van der Waals surface area (Å²) < 4.78 is 0. The van der Waals surface area contributed by atoms with Crippen molar-refractivity contribution >= 4 is 30.1 Å². The Morgan fingerprint density at radius 1 is 1.05 bits per heavy atom. The Morgan fingerprint density at radius 2 is 1.68 bits per heavy atom. The Balaban J connectivity index is 2.30. The van der Waals surface area contributed by atoms with Crippen LogP contribution in [0.5, 0.6) is 0 Å². The Labute approximate surface area is 119 Å². The van der Waals surface area contributed by atoms with Gasteiger partial charge in [-0.15, -0.1) is 0 Å². The first kappa shape index (κ1) is 15.6. The zero-order chi connectivity index (χ0) is 14.1. The SMILES string of the molecule is NC(=O)c1ccc(NC(=O)CCCCCCS)cc1. The van der Waals surface area contributed by atoms with Crippen molar-refractivity contribution < 1.29 is 9.59 Å². The second kappa shape index (κ2) is 8.58. The standard InChI is InChI=1S/C14H20N2O2S/c15-14(18)11-6-8-12(9-7-11)16-13(17)5-3-1-2-4-10-19/h6-9,19H,1-5,10H2,(H2,15,18)(H,16,17). The van der Waals surface area contributed by atoms with Crippen molar-refractivity contribution in [3.63, 3.8) is 0 Å². The zero-order valence-corrected chi connectivity index (χ0v) is 11.8. The van der Waals surface area contributed by atoms with Crippen molar-refractivity contribution in [2.24, 2.45) is 5.73 Å². The summed E-state index contributed by atoms with van der Waals surface area (Å²) in [4.78, 5) is 22.5. The average molecular weight is 280 g/mol. The van der Waals surface area contributed by atoms with Crippen LogP contribution < -0.4 is 11.1 Å². The lowest BCUT2D eigenvalue weighted by Gasteiger charge is -2.05. The average Bonchev–Trinajstić information content (AvgIpc) is 2.39. The van der Waals surface area contributed by atoms with E-state index < -0.39 is 5.91 Å². The molecule has 0 aliphatic rings. The fraction of sp³-hybridized carbons (Fsp3) is 0.429. The molecule has 0 unspecified atom stereocenters. The van der Waals surface area contributed by atoms with Crippen molar-refractivity contribution in [2.75, 3.05) is 11.1 Å². The fourth-order valence-corrected chi connectivity index (χ4v) is 1.92. The Hall–Kier alpha value is -1.49. The Morgan fingerprint density at radius 3 is 2.26 bits per heavy atom. The first-order valence-electron chi connectivity index (χ1n) is 6.44. The van der Waals surface area contributed by atoms with E-state index in [1.54, 1.807) is 24.3 Å². The van der Waals surface area contributed by atoms with Crippen LogP contribution in [0.3, 0.4) is 0 Å². The molecule has 0 atom stereocenters. The highest BCUT2D eigenvalue weighted by Gasteiger charge is 2.03. The van der Waals surface area contributed by atoms with Crippen LogP contribution in [-0.4, -0.2) is 17.6 Å². The number of primary amides is 1. The molecule has 0 bridgehead atoms. The molecule has 3 N–H and O–H groups in total. The molecular formula is C14H20N2O2S. The van der Waals surface area contributed by atoms with Crippen LogP contribution in [0.15, 0.2) is 24.3 Å². The van der Waals surface area contributed by atoms with Gasteiger partial charge in [-0.3, -0.25) is 9.59 Å². The monoisotopic (exact) mass is 280 g/mol. The van der Waals surface area contributed by atoms with Crippen LogP contribution in [0.2, 0.25) is 0 Å². The van der Waals surface area contributed by atoms with Gasteiger partial charge in [-0.05, 0) is 42.9 Å². The summed E-state index contributed by atoms with van der Waals surface area (Å²) in [7, 11) is 0. The smallest absolute Gasteiger partial charge is 0.248 e. The highest BCUT2D eigenvalue weighted by Crippen LogP contribution is 2.11. The first-order chi connectivity index (χ1) is 9.13. The highest BCUT2D eigenvalue weighted by atomic mass is 32.1. The third-order valence-corrected chi connectivity index (χ3v) is 3.08. The van der Waals surface area contributed by atoms with E-state index in [4.69, 9.17) is 5.73 Å². The molecule has 1 rings (SSSR count). The maximum absolute atomic E-state index is 11.6. The molecular weight excluding hydrogens is 260 g/mol. The summed E-state index contributed by atoms with van der Waals surface area (Å²) in [6.07, 6.45) is 4.67. The van der Waals surface area contributed by atoms with E-state index in [0.717, 1.165) is 31.4 Å². The molecule has 2 amide bonds. The van der Waals surface area contributed by atoms with Gasteiger partial charge in [0, 0.05) is 17.7 Å². The summed E-state index contributed by atoms with van der Waals surface area (Å²) in [5, 5.41) is 2.79. The fourth-order valence-electron chi connectivity index (χ4n) is 1.69. The third-order valence-electron chi connectivity index (χ3n) is 2.77. The van der Waals surface area contributed by atoms with Crippen LogP contribution in [0.25, 0.3) is 0 Å². The summed E-state index contributed by atoms with van der Waals surface area (Å²) in [5.41, 5.74) is 6.26. The minimum Gasteiger partial charge on any atom is -0.366 e. The number of amides is 2. The minimum absolute atomic E-state index is 0.00213. The topological polar surface area (TPSA) is 72.2 Å². The number of nitrogens with two attached hydrogens (primary N) is 1. The van der Waals surface area contributed by atoms with E-state index in [1.165, 1.54) is 0 Å². The molecule has 0 radical (unpaired) electrons. The van der Waals surface area contributed by atoms with Gasteiger partial charge in [-0.2, -0.15) is 12.6 Å². The number of carbonyl (C=O) groups is 2. The third kappa shape index (κ3) is 6.29. The van der Waals surface area contributed by atoms with Gasteiger partial charge in [-0.1, -0.05) is 12.8 Å². The molecule has 0 aliphatic carbocycles. The second-order valence-corrected chi connectivity index (χ2v) is 4.82. The minimum atomic E-state index is -0.470. The van der Waals surface area contributed by atoms with Gasteiger partial charge in [-0.25, -0.2) is 0 Å². The molecule has 0 aromatic heterocycles. The number of anilines is 1. The number of unbranched alkanes of at least 4 members (excludes halogenated alkanes) is 3. The summed E-state index contributed by atoms with van der Waals surface area (Å²) in [6.45, 7) is 0. The number of thiol groups is 1. The van der Waals surface area contributed by atoms with Gasteiger partial charge in [0.2, 0.25) is 11.8 Å². The number of hydrogen-bond donors (Lipinski definition) is 3. The number of rotatable bonds is 8. The van der Waals surface area contributed by atoms with Crippen molar-refractivity contribution in [3.8, 4) is 0 Å². The zero-order valence-electron chi connectivity index (χ0n) is 10.9. The van der Waals surface area contributed by atoms with Gasteiger partial charge in [0.1, 0.15) is 0 Å². The quantitative estimate of drug-likeness (QED) is 0.506. The van der Waals surface area contributed by atoms with Crippen molar-refractivity contribution in [1.29, 1.82) is 0 Å². The largest absolute Gasteiger partial charge is 0.366 e. The highest BCUT2D eigenvalue weighted by molar-refractivity contribution is 7.80. The number of nitrogens with one attached hydrogen (secondary N) is 1. The predicted molar refractivity (Wildman–Crippen MR) is 80.5 cm³/mol. The molecule has 0 saturated carbocycles. The van der Waals surface area contributed by atoms with Crippen LogP contribution in [0.1, 0.15) is 42.5 Å². The summed E-state index contributed by atoms with van der Waals surface area (Å²) in [5.74, 6) is 0.429. The lowest BCUT2D eigenvalue weighted by molar-refractivity contribution is -0.116. The lowest BCUT2D eigenvalue weighted by Crippen LogP contribution is -2.13. The molecule has 0 aliphatic heterocycles. The van der Waals surface area contributed by atoms with Crippen LogP contribution in [0.4, 0.5) is 5.69 Å². The summed E-state index contributed by atoms with van der Waals surface area (Å²) >= 11 is 4.14. The maximum Gasteiger partial charge on any atom is 0.248 e. The predicted octanol–water partition coefficient (Wildman–Crippen LogP) is 2.60. The van der Waals surface area contributed by atoms with Crippen LogP contribution in [-0.2, 0) is 4.79 Å². The van der Waals surface area contributed by atoms with Crippen LogP contribution in [0, 0.1) is 0 Å². The van der Waals surface area contributed by atoms with Gasteiger partial charge in [0.05, 0.1) is 0 Å². The number of carbonyl (C=O) groups excluding carboxylic acids is 2. The first-order valence-corrected chi connectivity index (χ1v) is 7.07. The van der Waals surface area contributed by atoms with Gasteiger partial charge >= 0.3 is 0 Å². The molecule has 0 saturated heterocycles. The van der Waals surface area contributed by atoms with Gasteiger partial charge in [0.15, 0.2) is 0 Å². The molecule has 0 heterocycles. The van der Waals surface area contributed by atoms with Crippen molar-refractivity contribution in [3.05, 3.63) is 29.8 Å². The van der Waals surface area contributed by atoms with Crippen LogP contribution >= 0.6 is 12.6 Å². The van der Waals surface area contributed by atoms with Crippen molar-refractivity contribution in [1.82, 2.24) is 0 Å². The second-order valence-electron chi connectivity index (χ2n) is 4.38. The molecule has 5 heteroatoms. The Kier molecular flexibility index (Phi) is 7.03.